The Morgan fingerprint density at radius 1 is 0.947 bits per heavy atom. The van der Waals surface area contributed by atoms with E-state index in [1.807, 2.05) is 13.8 Å². The van der Waals surface area contributed by atoms with E-state index >= 15 is 0 Å². The van der Waals surface area contributed by atoms with Crippen LogP contribution in [0.4, 0.5) is 17.6 Å². The zero-order valence-electron chi connectivity index (χ0n) is 20.8. The van der Waals surface area contributed by atoms with Crippen LogP contribution >= 0.6 is 31.9 Å². The molecule has 2 aromatic rings. The third-order valence-electron chi connectivity index (χ3n) is 5.04. The molecular formula is C26H36Br2F4N4O2. The number of ether oxygens (including phenoxy) is 2. The molecule has 0 saturated heterocycles. The van der Waals surface area contributed by atoms with Crippen molar-refractivity contribution in [3.63, 3.8) is 0 Å². The fourth-order valence-electron chi connectivity index (χ4n) is 3.28. The van der Waals surface area contributed by atoms with Gasteiger partial charge in [0.05, 0.1) is 25.9 Å². The minimum absolute atomic E-state index is 0. The first-order chi connectivity index (χ1) is 17.8. The van der Waals surface area contributed by atoms with E-state index in [2.05, 4.69) is 41.8 Å². The van der Waals surface area contributed by atoms with Crippen LogP contribution in [0.25, 0.3) is 0 Å². The van der Waals surface area contributed by atoms with E-state index in [1.165, 1.54) is 18.2 Å². The maximum absolute atomic E-state index is 13.5. The Morgan fingerprint density at radius 2 is 1.55 bits per heavy atom. The van der Waals surface area contributed by atoms with Crippen molar-refractivity contribution in [2.45, 2.75) is 52.3 Å². The minimum atomic E-state index is -0.411. The normalized spacial score (nSPS) is 21.8. The average Bonchev–Trinajstić information content (AvgIpc) is 3.69. The van der Waals surface area contributed by atoms with Crippen LogP contribution in [-0.4, -0.2) is 44.6 Å². The maximum Gasteiger partial charge on any atom is 0.282 e. The lowest BCUT2D eigenvalue weighted by atomic mass is 10.0. The fraction of sp³-hybridized carbons (Fsp3) is 0.462. The van der Waals surface area contributed by atoms with Gasteiger partial charge in [-0.2, -0.15) is 0 Å². The Bertz CT molecular complexity index is 992. The molecule has 5 rings (SSSR count). The number of halogens is 6. The Hall–Kier alpha value is -2.34. The molecule has 1 saturated carbocycles. The Labute approximate surface area is 239 Å². The van der Waals surface area contributed by atoms with Crippen LogP contribution in [0.1, 0.15) is 45.7 Å². The minimum Gasteiger partial charge on any atom is -0.465 e. The van der Waals surface area contributed by atoms with Crippen molar-refractivity contribution < 1.29 is 27.0 Å². The summed E-state index contributed by atoms with van der Waals surface area (Å²) in [6, 6.07) is 10.8. The summed E-state index contributed by atoms with van der Waals surface area (Å²) < 4.78 is 59.0. The first-order valence-electron chi connectivity index (χ1n) is 11.5. The van der Waals surface area contributed by atoms with Gasteiger partial charge in [0, 0.05) is 26.8 Å². The van der Waals surface area contributed by atoms with Gasteiger partial charge in [0.15, 0.2) is 0 Å². The molecule has 2 aliphatic heterocycles. The molecule has 2 aromatic carbocycles. The molecule has 214 valence electrons. The lowest BCUT2D eigenvalue weighted by molar-refractivity contribution is 0.224. The second kappa shape index (κ2) is 18.8. The van der Waals surface area contributed by atoms with Crippen molar-refractivity contribution in [3.05, 3.63) is 68.6 Å². The smallest absolute Gasteiger partial charge is 0.282 e. The van der Waals surface area contributed by atoms with Crippen LogP contribution in [-0.2, 0) is 9.47 Å². The summed E-state index contributed by atoms with van der Waals surface area (Å²) in [7, 11) is 0.500. The summed E-state index contributed by atoms with van der Waals surface area (Å²) >= 11 is 6.48. The zero-order chi connectivity index (χ0) is 28.0. The summed E-state index contributed by atoms with van der Waals surface area (Å²) in [6.45, 7) is 4.07. The van der Waals surface area contributed by atoms with Gasteiger partial charge in [-0.3, -0.25) is 4.39 Å². The molecule has 0 spiro atoms. The number of amidine groups is 2. The Morgan fingerprint density at radius 3 is 2.11 bits per heavy atom. The Balaban J connectivity index is 0.000000522. The van der Waals surface area contributed by atoms with Gasteiger partial charge in [0.2, 0.25) is 0 Å². The molecule has 3 unspecified atom stereocenters. The SMILES string of the molecule is C.CC.CF.Fc1ccc(Br)cc1.NC1=NC(CF)C2CC2O1.NC1=N[C@H](c2cc(Br)ccc2F)CCO1. The highest BCUT2D eigenvalue weighted by atomic mass is 79.9. The molecule has 12 heteroatoms. The highest BCUT2D eigenvalue weighted by molar-refractivity contribution is 9.10. The maximum atomic E-state index is 13.5. The van der Waals surface area contributed by atoms with Crippen LogP contribution in [0.3, 0.4) is 0 Å². The lowest BCUT2D eigenvalue weighted by Crippen LogP contribution is -2.29. The molecule has 4 N–H and O–H groups in total. The van der Waals surface area contributed by atoms with Crippen LogP contribution in [0.5, 0.6) is 0 Å². The Kier molecular flexibility index (Phi) is 17.7. The van der Waals surface area contributed by atoms with E-state index in [1.54, 1.807) is 24.3 Å². The zero-order valence-corrected chi connectivity index (χ0v) is 24.0. The largest absolute Gasteiger partial charge is 0.465 e. The predicted octanol–water partition coefficient (Wildman–Crippen LogP) is 7.26. The molecule has 2 heterocycles. The number of hydrogen-bond acceptors (Lipinski definition) is 6. The number of hydrogen-bond donors (Lipinski definition) is 2. The first-order valence-corrected chi connectivity index (χ1v) is 13.1. The van der Waals surface area contributed by atoms with Crippen LogP contribution in [0, 0.1) is 17.6 Å². The molecule has 0 radical (unpaired) electrons. The van der Waals surface area contributed by atoms with E-state index in [-0.39, 0.29) is 49.3 Å². The van der Waals surface area contributed by atoms with Crippen molar-refractivity contribution >= 4 is 43.9 Å². The van der Waals surface area contributed by atoms with E-state index < -0.39 is 6.67 Å². The number of nitrogens with zero attached hydrogens (tertiary/aromatic N) is 2. The summed E-state index contributed by atoms with van der Waals surface area (Å²) in [6.07, 6.45) is 1.73. The molecule has 0 amide bonds. The van der Waals surface area contributed by atoms with Crippen molar-refractivity contribution in [1.82, 2.24) is 0 Å². The second-order valence-electron chi connectivity index (χ2n) is 7.47. The third-order valence-corrected chi connectivity index (χ3v) is 6.06. The van der Waals surface area contributed by atoms with Crippen molar-refractivity contribution in [3.8, 4) is 0 Å². The summed E-state index contributed by atoms with van der Waals surface area (Å²) in [5.74, 6) is -0.160. The van der Waals surface area contributed by atoms with Gasteiger partial charge in [0.1, 0.15) is 24.4 Å². The van der Waals surface area contributed by atoms with Crippen molar-refractivity contribution in [2.24, 2.45) is 27.4 Å². The van der Waals surface area contributed by atoms with E-state index in [4.69, 9.17) is 20.9 Å². The molecular weight excluding hydrogens is 636 g/mol. The van der Waals surface area contributed by atoms with E-state index in [0.29, 0.717) is 31.7 Å². The number of benzene rings is 2. The fourth-order valence-corrected chi connectivity index (χ4v) is 3.92. The number of aliphatic imine (C=N–C) groups is 2. The summed E-state index contributed by atoms with van der Waals surface area (Å²) in [5, 5.41) is 0. The second-order valence-corrected chi connectivity index (χ2v) is 9.30. The predicted molar refractivity (Wildman–Crippen MR) is 153 cm³/mol. The molecule has 3 aliphatic rings. The first kappa shape index (κ1) is 35.7. The molecule has 1 aliphatic carbocycles. The highest BCUT2D eigenvalue weighted by Crippen LogP contribution is 2.40. The van der Waals surface area contributed by atoms with Crippen LogP contribution in [0.15, 0.2) is 61.4 Å². The molecule has 0 bridgehead atoms. The number of rotatable bonds is 2. The number of alkyl halides is 2. The number of nitrogens with two attached hydrogens (primary N) is 2. The van der Waals surface area contributed by atoms with Crippen LogP contribution in [0.2, 0.25) is 0 Å². The monoisotopic (exact) mass is 670 g/mol. The molecule has 1 fully saturated rings. The molecule has 6 nitrogen and oxygen atoms in total. The van der Waals surface area contributed by atoms with E-state index in [0.717, 1.165) is 15.4 Å². The lowest BCUT2D eigenvalue weighted by Gasteiger charge is -2.19. The van der Waals surface area contributed by atoms with Crippen molar-refractivity contribution in [2.75, 3.05) is 20.5 Å². The number of fused-ring (bicyclic) bond motifs is 1. The molecule has 0 aromatic heterocycles. The summed E-state index contributed by atoms with van der Waals surface area (Å²) in [5.41, 5.74) is 11.3. The molecule has 4 atom stereocenters. The van der Waals surface area contributed by atoms with Gasteiger partial charge in [-0.1, -0.05) is 53.1 Å². The van der Waals surface area contributed by atoms with Gasteiger partial charge >= 0.3 is 0 Å². The van der Waals surface area contributed by atoms with Gasteiger partial charge in [-0.05, 0) is 48.9 Å². The van der Waals surface area contributed by atoms with Gasteiger partial charge in [-0.25, -0.2) is 23.2 Å². The topological polar surface area (TPSA) is 95.2 Å². The van der Waals surface area contributed by atoms with Gasteiger partial charge in [-0.15, -0.1) is 0 Å². The van der Waals surface area contributed by atoms with Crippen molar-refractivity contribution in [1.29, 1.82) is 0 Å². The average molecular weight is 672 g/mol. The van der Waals surface area contributed by atoms with Gasteiger partial charge < -0.3 is 20.9 Å². The molecule has 38 heavy (non-hydrogen) atoms. The highest BCUT2D eigenvalue weighted by Gasteiger charge is 2.48. The third kappa shape index (κ3) is 12.0. The standard InChI is InChI=1S/C10H10BrFN2O.C6H4BrF.C6H9FN2O.C2H6.CH3F.CH4/c11-6-1-2-8(12)7(5-6)9-3-4-15-10(13)14-9;7-5-1-3-6(8)4-2-5;7-2-4-3-1-5(3)10-6(8)9-4;2*1-2;/h1-2,5,9H,3-4H2,(H2,13,14);1-4H;3-5H,1-2H2,(H2,8,9);1-2H3;1H3;1H4/t9-;;;;;/m0...../s1. The summed E-state index contributed by atoms with van der Waals surface area (Å²) in [4.78, 5) is 7.89. The van der Waals surface area contributed by atoms with E-state index in [9.17, 15) is 17.6 Å². The van der Waals surface area contributed by atoms with Gasteiger partial charge in [0.25, 0.3) is 12.0 Å². The van der Waals surface area contributed by atoms with Crippen LogP contribution < -0.4 is 11.5 Å². The quantitative estimate of drug-likeness (QED) is 0.329.